The first kappa shape index (κ1) is 26.5. The third-order valence-electron chi connectivity index (χ3n) is 10.3. The van der Waals surface area contributed by atoms with Gasteiger partial charge in [0.15, 0.2) is 0 Å². The minimum atomic E-state index is 0.711. The summed E-state index contributed by atoms with van der Waals surface area (Å²) in [5, 5.41) is 11.2. The summed E-state index contributed by atoms with van der Waals surface area (Å²) in [6.07, 6.45) is 0. The summed E-state index contributed by atoms with van der Waals surface area (Å²) in [7, 11) is 0. The zero-order valence-electron chi connectivity index (χ0n) is 26.5. The van der Waals surface area contributed by atoms with Crippen LogP contribution in [0, 0.1) is 0 Å². The van der Waals surface area contributed by atoms with E-state index in [0.717, 1.165) is 39.6 Å². The first-order valence-corrected chi connectivity index (χ1v) is 16.8. The molecule has 1 aliphatic rings. The van der Waals surface area contributed by atoms with E-state index in [1.807, 2.05) is 0 Å². The smallest absolute Gasteiger partial charge is 0.140 e. The highest BCUT2D eigenvalue weighted by Gasteiger charge is 2.31. The first-order valence-electron chi connectivity index (χ1n) is 16.8. The highest BCUT2D eigenvalue weighted by Crippen LogP contribution is 2.49. The van der Waals surface area contributed by atoms with Crippen molar-refractivity contribution in [2.45, 2.75) is 6.54 Å². The molecule has 0 saturated carbocycles. The summed E-state index contributed by atoms with van der Waals surface area (Å²) in [6.45, 7) is 0.711. The van der Waals surface area contributed by atoms with E-state index in [-0.39, 0.29) is 0 Å². The van der Waals surface area contributed by atoms with Gasteiger partial charge in [0.05, 0.1) is 51.4 Å². The van der Waals surface area contributed by atoms with E-state index in [0.29, 0.717) is 6.54 Å². The van der Waals surface area contributed by atoms with Crippen LogP contribution < -0.4 is 5.32 Å². The zero-order chi connectivity index (χ0) is 32.1. The van der Waals surface area contributed by atoms with Crippen LogP contribution in [0.1, 0.15) is 5.69 Å². The van der Waals surface area contributed by atoms with E-state index in [9.17, 15) is 0 Å². The Morgan fingerprint density at radius 1 is 0.429 bits per heavy atom. The molecule has 6 aromatic carbocycles. The number of rotatable bonds is 3. The maximum atomic E-state index is 5.47. The van der Waals surface area contributed by atoms with Crippen LogP contribution in [0.5, 0.6) is 0 Å². The number of hydrogen-bond acceptors (Lipinski definition) is 2. The van der Waals surface area contributed by atoms with Crippen LogP contribution in [0.15, 0.2) is 158 Å². The molecule has 0 spiro atoms. The molecule has 0 saturated heterocycles. The summed E-state index contributed by atoms with van der Waals surface area (Å²) >= 11 is 0. The number of hydrogen-bond donors (Lipinski definition) is 1. The van der Waals surface area contributed by atoms with Gasteiger partial charge in [0.25, 0.3) is 0 Å². The lowest BCUT2D eigenvalue weighted by molar-refractivity contribution is 0.949. The van der Waals surface area contributed by atoms with Crippen LogP contribution in [0.4, 0.5) is 5.69 Å². The van der Waals surface area contributed by atoms with Gasteiger partial charge in [-0.1, -0.05) is 115 Å². The zero-order valence-corrected chi connectivity index (χ0v) is 26.5. The summed E-state index contributed by atoms with van der Waals surface area (Å²) in [4.78, 5) is 5.47. The Balaban J connectivity index is 1.22. The highest BCUT2D eigenvalue weighted by molar-refractivity contribution is 6.12. The fourth-order valence-corrected chi connectivity index (χ4v) is 8.30. The van der Waals surface area contributed by atoms with Gasteiger partial charge in [-0.25, -0.2) is 4.98 Å². The maximum absolute atomic E-state index is 5.47. The molecule has 4 aromatic heterocycles. The third kappa shape index (κ3) is 3.61. The van der Waals surface area contributed by atoms with Crippen molar-refractivity contribution in [1.29, 1.82) is 0 Å². The van der Waals surface area contributed by atoms with Crippen molar-refractivity contribution in [2.75, 3.05) is 5.32 Å². The van der Waals surface area contributed by atoms with Gasteiger partial charge in [-0.3, -0.25) is 9.13 Å². The van der Waals surface area contributed by atoms with Gasteiger partial charge in [0.1, 0.15) is 11.6 Å². The number of nitrogens with one attached hydrogen (secondary N) is 1. The molecule has 49 heavy (non-hydrogen) atoms. The van der Waals surface area contributed by atoms with Crippen LogP contribution in [0.3, 0.4) is 0 Å². The standard InChI is InChI=1S/C44H29N5/c1-2-15-29-28(13-1)14-11-24-34(29)47-37-22-9-5-18-32(37)42-39(47)27-45-43-33-19-6-10-23-38(33)49(44(42)43)41-26-12-25-40(46-41)48-35-20-7-3-16-30(35)31-17-4-8-21-36(31)48/h1-26,45H,27H2. The third-order valence-corrected chi connectivity index (χ3v) is 10.3. The van der Waals surface area contributed by atoms with Crippen LogP contribution in [-0.2, 0) is 6.54 Å². The maximum Gasteiger partial charge on any atom is 0.140 e. The Labute approximate surface area is 281 Å². The Kier molecular flexibility index (Phi) is 5.38. The molecule has 10 aromatic rings. The molecule has 5 heteroatoms. The van der Waals surface area contributed by atoms with Crippen LogP contribution in [-0.4, -0.2) is 18.7 Å². The minimum absolute atomic E-state index is 0.711. The SMILES string of the molecule is c1cc(-n2c3c(c4ccccc42)NCc2c-3c3ccccc3n2-c2cccc3ccccc23)nc(-n2c3ccccc3c3ccccc32)c1. The number of fused-ring (bicyclic) bond motifs is 11. The number of para-hydroxylation sites is 4. The number of anilines is 1. The van der Waals surface area contributed by atoms with E-state index in [4.69, 9.17) is 4.98 Å². The summed E-state index contributed by atoms with van der Waals surface area (Å²) in [5.74, 6) is 1.78. The average Bonchev–Trinajstić information content (AvgIpc) is 3.80. The Morgan fingerprint density at radius 3 is 1.65 bits per heavy atom. The lowest BCUT2D eigenvalue weighted by Gasteiger charge is -2.22. The Hall–Kier alpha value is -6.59. The van der Waals surface area contributed by atoms with Crippen molar-refractivity contribution >= 4 is 60.1 Å². The second-order valence-corrected chi connectivity index (χ2v) is 12.8. The van der Waals surface area contributed by atoms with Gasteiger partial charge in [-0.2, -0.15) is 0 Å². The molecular weight excluding hydrogens is 599 g/mol. The molecule has 0 bridgehead atoms. The highest BCUT2D eigenvalue weighted by atomic mass is 15.2. The lowest BCUT2D eigenvalue weighted by atomic mass is 10.0. The number of benzene rings is 6. The van der Waals surface area contributed by atoms with Crippen molar-refractivity contribution in [2.24, 2.45) is 0 Å². The second-order valence-electron chi connectivity index (χ2n) is 12.8. The molecule has 5 heterocycles. The topological polar surface area (TPSA) is 39.7 Å². The summed E-state index contributed by atoms with van der Waals surface area (Å²) < 4.78 is 7.13. The molecule has 11 rings (SSSR count). The van der Waals surface area contributed by atoms with Crippen molar-refractivity contribution in [3.05, 3.63) is 163 Å². The molecule has 0 amide bonds. The van der Waals surface area contributed by atoms with Crippen LogP contribution in [0.2, 0.25) is 0 Å². The van der Waals surface area contributed by atoms with Gasteiger partial charge in [0.2, 0.25) is 0 Å². The minimum Gasteiger partial charge on any atom is -0.377 e. The molecule has 1 N–H and O–H groups in total. The van der Waals surface area contributed by atoms with Crippen LogP contribution >= 0.6 is 0 Å². The molecular formula is C44H29N5. The Bertz CT molecular complexity index is 2900. The number of aromatic nitrogens is 4. The lowest BCUT2D eigenvalue weighted by Crippen LogP contribution is -2.13. The van der Waals surface area contributed by atoms with E-state index < -0.39 is 0 Å². The second kappa shape index (κ2) is 9.96. The van der Waals surface area contributed by atoms with E-state index in [2.05, 4.69) is 177 Å². The molecule has 0 aliphatic carbocycles. The molecule has 230 valence electrons. The van der Waals surface area contributed by atoms with E-state index in [1.54, 1.807) is 0 Å². The monoisotopic (exact) mass is 627 g/mol. The molecule has 5 nitrogen and oxygen atoms in total. The van der Waals surface area contributed by atoms with E-state index >= 15 is 0 Å². The van der Waals surface area contributed by atoms with Crippen molar-refractivity contribution < 1.29 is 0 Å². The van der Waals surface area contributed by atoms with Crippen molar-refractivity contribution in [1.82, 2.24) is 18.7 Å². The average molecular weight is 628 g/mol. The normalized spacial score (nSPS) is 12.6. The molecule has 1 aliphatic heterocycles. The Morgan fingerprint density at radius 2 is 0.939 bits per heavy atom. The molecule has 0 unspecified atom stereocenters. The number of nitrogens with zero attached hydrogens (tertiary/aromatic N) is 4. The van der Waals surface area contributed by atoms with E-state index in [1.165, 1.54) is 54.8 Å². The van der Waals surface area contributed by atoms with Gasteiger partial charge in [-0.15, -0.1) is 0 Å². The predicted molar refractivity (Wildman–Crippen MR) is 203 cm³/mol. The summed E-state index contributed by atoms with van der Waals surface area (Å²) in [5.41, 5.74) is 10.6. The predicted octanol–water partition coefficient (Wildman–Crippen LogP) is 10.8. The van der Waals surface area contributed by atoms with Gasteiger partial charge >= 0.3 is 0 Å². The van der Waals surface area contributed by atoms with Crippen LogP contribution in [0.25, 0.3) is 83.0 Å². The molecule has 0 atom stereocenters. The van der Waals surface area contributed by atoms with Gasteiger partial charge in [0, 0.05) is 32.5 Å². The van der Waals surface area contributed by atoms with Crippen molar-refractivity contribution in [3.8, 4) is 28.6 Å². The quantitative estimate of drug-likeness (QED) is 0.212. The largest absolute Gasteiger partial charge is 0.377 e. The first-order chi connectivity index (χ1) is 24.3. The summed E-state index contributed by atoms with van der Waals surface area (Å²) in [6, 6.07) is 56.4. The van der Waals surface area contributed by atoms with Gasteiger partial charge in [-0.05, 0) is 47.9 Å². The van der Waals surface area contributed by atoms with Gasteiger partial charge < -0.3 is 9.88 Å². The fraction of sp³-hybridized carbons (Fsp3) is 0.0227. The molecule has 0 radical (unpaired) electrons. The van der Waals surface area contributed by atoms with Crippen molar-refractivity contribution in [3.63, 3.8) is 0 Å². The molecule has 0 fully saturated rings. The number of pyridine rings is 1. The fourth-order valence-electron chi connectivity index (χ4n) is 8.30.